The first-order valence-corrected chi connectivity index (χ1v) is 10.1. The van der Waals surface area contributed by atoms with E-state index < -0.39 is 0 Å². The average Bonchev–Trinajstić information content (AvgIpc) is 2.72. The van der Waals surface area contributed by atoms with Gasteiger partial charge < -0.3 is 20.7 Å². The molecule has 1 amide bonds. The van der Waals surface area contributed by atoms with E-state index in [2.05, 4.69) is 20.9 Å². The molecule has 3 N–H and O–H groups in total. The van der Waals surface area contributed by atoms with E-state index in [4.69, 9.17) is 16.3 Å². The zero-order valence-corrected chi connectivity index (χ0v) is 20.7. The Morgan fingerprint density at radius 2 is 1.97 bits per heavy atom. The van der Waals surface area contributed by atoms with Crippen LogP contribution in [0, 0.1) is 0 Å². The van der Waals surface area contributed by atoms with E-state index in [-0.39, 0.29) is 29.9 Å². The summed E-state index contributed by atoms with van der Waals surface area (Å²) in [6, 6.07) is 13.5. The molecule has 0 saturated heterocycles. The summed E-state index contributed by atoms with van der Waals surface area (Å²) < 4.78 is 5.17. The van der Waals surface area contributed by atoms with Crippen LogP contribution < -0.4 is 20.7 Å². The molecule has 8 heteroatoms. The molecule has 0 unspecified atom stereocenters. The number of methoxy groups -OCH3 is 1. The number of amides is 1. The van der Waals surface area contributed by atoms with E-state index in [0.29, 0.717) is 30.5 Å². The highest BCUT2D eigenvalue weighted by Crippen LogP contribution is 2.22. The first-order valence-electron chi connectivity index (χ1n) is 9.71. The molecule has 6 nitrogen and oxygen atoms in total. The van der Waals surface area contributed by atoms with Crippen LogP contribution in [-0.4, -0.2) is 32.6 Å². The monoisotopic (exact) mass is 544 g/mol. The Labute approximate surface area is 200 Å². The van der Waals surface area contributed by atoms with Crippen molar-refractivity contribution in [1.29, 1.82) is 0 Å². The minimum absolute atomic E-state index is 0. The molecule has 0 atom stereocenters. The van der Waals surface area contributed by atoms with E-state index in [9.17, 15) is 4.79 Å². The minimum Gasteiger partial charge on any atom is -0.497 e. The lowest BCUT2D eigenvalue weighted by Gasteiger charge is -2.13. The van der Waals surface area contributed by atoms with Crippen molar-refractivity contribution in [2.45, 2.75) is 32.7 Å². The molecule has 0 bridgehead atoms. The van der Waals surface area contributed by atoms with Crippen molar-refractivity contribution in [2.75, 3.05) is 26.0 Å². The number of ether oxygens (including phenoxy) is 1. The number of anilines is 1. The molecule has 2 aromatic rings. The Morgan fingerprint density at radius 3 is 2.63 bits per heavy atom. The number of rotatable bonds is 9. The van der Waals surface area contributed by atoms with Crippen molar-refractivity contribution < 1.29 is 9.53 Å². The van der Waals surface area contributed by atoms with E-state index in [1.165, 1.54) is 0 Å². The Morgan fingerprint density at radius 1 is 1.17 bits per heavy atom. The largest absolute Gasteiger partial charge is 0.497 e. The van der Waals surface area contributed by atoms with E-state index in [1.807, 2.05) is 49.4 Å². The second kappa shape index (κ2) is 14.1. The smallest absolute Gasteiger partial charge is 0.224 e. The molecule has 164 valence electrons. The maximum Gasteiger partial charge on any atom is 0.224 e. The summed E-state index contributed by atoms with van der Waals surface area (Å²) in [4.78, 5) is 16.0. The summed E-state index contributed by atoms with van der Waals surface area (Å²) in [7, 11) is 3.36. The molecule has 0 saturated carbocycles. The van der Waals surface area contributed by atoms with Crippen LogP contribution in [0.1, 0.15) is 30.9 Å². The molecule has 0 heterocycles. The average molecular weight is 545 g/mol. The molecule has 0 fully saturated rings. The Kier molecular flexibility index (Phi) is 12.2. The molecule has 0 radical (unpaired) electrons. The molecule has 2 rings (SSSR count). The predicted octanol–water partition coefficient (Wildman–Crippen LogP) is 4.61. The van der Waals surface area contributed by atoms with Gasteiger partial charge in [-0.25, -0.2) is 0 Å². The van der Waals surface area contributed by atoms with Crippen LogP contribution in [0.3, 0.4) is 0 Å². The molecule has 0 aliphatic heterocycles. The van der Waals surface area contributed by atoms with Crippen LogP contribution in [0.15, 0.2) is 47.5 Å². The zero-order valence-electron chi connectivity index (χ0n) is 17.6. The molecule has 0 aliphatic rings. The summed E-state index contributed by atoms with van der Waals surface area (Å²) in [5, 5.41) is 10.2. The minimum atomic E-state index is 0. The fourth-order valence-electron chi connectivity index (χ4n) is 2.79. The quantitative estimate of drug-likeness (QED) is 0.245. The maximum absolute atomic E-state index is 11.8. The van der Waals surface area contributed by atoms with Crippen molar-refractivity contribution in [3.05, 3.63) is 58.6 Å². The Balaban J connectivity index is 0.00000450. The van der Waals surface area contributed by atoms with Gasteiger partial charge in [-0.2, -0.15) is 0 Å². The molecule has 0 spiro atoms. The van der Waals surface area contributed by atoms with E-state index >= 15 is 0 Å². The summed E-state index contributed by atoms with van der Waals surface area (Å²) >= 11 is 6.29. The van der Waals surface area contributed by atoms with E-state index in [1.54, 1.807) is 14.2 Å². The highest BCUT2D eigenvalue weighted by atomic mass is 127. The third-order valence-electron chi connectivity index (χ3n) is 4.32. The van der Waals surface area contributed by atoms with Crippen molar-refractivity contribution in [3.63, 3.8) is 0 Å². The third kappa shape index (κ3) is 8.79. The first kappa shape index (κ1) is 26.0. The topological polar surface area (TPSA) is 74.8 Å². The second-order valence-corrected chi connectivity index (χ2v) is 6.97. The molecule has 30 heavy (non-hydrogen) atoms. The highest BCUT2D eigenvalue weighted by molar-refractivity contribution is 14.0. The lowest BCUT2D eigenvalue weighted by molar-refractivity contribution is -0.116. The number of benzene rings is 2. The molecule has 0 aromatic heterocycles. The fraction of sp³-hybridized carbons (Fsp3) is 0.364. The van der Waals surface area contributed by atoms with Gasteiger partial charge in [-0.1, -0.05) is 36.7 Å². The number of hydrogen-bond donors (Lipinski definition) is 3. The number of nitrogens with one attached hydrogen (secondary N) is 3. The van der Waals surface area contributed by atoms with Crippen molar-refractivity contribution in [1.82, 2.24) is 10.6 Å². The number of halogens is 2. The number of carbonyl (C=O) groups is 1. The fourth-order valence-corrected chi connectivity index (χ4v) is 3.05. The Hall–Kier alpha value is -2.00. The van der Waals surface area contributed by atoms with E-state index in [0.717, 1.165) is 35.4 Å². The van der Waals surface area contributed by atoms with Crippen LogP contribution in [-0.2, 0) is 17.8 Å². The van der Waals surface area contributed by atoms with Gasteiger partial charge in [0.25, 0.3) is 0 Å². The van der Waals surface area contributed by atoms with Crippen LogP contribution in [0.2, 0.25) is 5.02 Å². The van der Waals surface area contributed by atoms with Gasteiger partial charge in [0.2, 0.25) is 5.91 Å². The van der Waals surface area contributed by atoms with Gasteiger partial charge in [-0.05, 0) is 48.2 Å². The van der Waals surface area contributed by atoms with Gasteiger partial charge in [0.15, 0.2) is 5.96 Å². The van der Waals surface area contributed by atoms with Crippen molar-refractivity contribution >= 4 is 53.1 Å². The highest BCUT2D eigenvalue weighted by Gasteiger charge is 2.05. The van der Waals surface area contributed by atoms with Crippen molar-refractivity contribution in [2.24, 2.45) is 4.99 Å². The summed E-state index contributed by atoms with van der Waals surface area (Å²) in [5.41, 5.74) is 2.91. The number of guanidine groups is 1. The zero-order chi connectivity index (χ0) is 21.1. The molecule has 2 aromatic carbocycles. The summed E-state index contributed by atoms with van der Waals surface area (Å²) in [6.45, 7) is 3.28. The van der Waals surface area contributed by atoms with Crippen LogP contribution in [0.25, 0.3) is 0 Å². The molecule has 0 aliphatic carbocycles. The second-order valence-electron chi connectivity index (χ2n) is 6.56. The molecular formula is C22H30ClIN4O2. The number of hydrogen-bond acceptors (Lipinski definition) is 3. The first-order chi connectivity index (χ1) is 14.0. The third-order valence-corrected chi connectivity index (χ3v) is 4.67. The summed E-state index contributed by atoms with van der Waals surface area (Å²) in [6.07, 6.45) is 2.12. The van der Waals surface area contributed by atoms with Crippen LogP contribution in [0.4, 0.5) is 5.69 Å². The number of carbonyl (C=O) groups excluding carboxylic acids is 1. The molecular weight excluding hydrogens is 515 g/mol. The number of nitrogens with zero attached hydrogens (tertiary/aromatic N) is 1. The Bertz CT molecular complexity index is 846. The number of aliphatic imine (C=N–C) groups is 1. The maximum atomic E-state index is 11.8. The van der Waals surface area contributed by atoms with Gasteiger partial charge in [0.05, 0.1) is 7.11 Å². The van der Waals surface area contributed by atoms with Crippen molar-refractivity contribution in [3.8, 4) is 5.75 Å². The van der Waals surface area contributed by atoms with Gasteiger partial charge in [0.1, 0.15) is 5.75 Å². The van der Waals surface area contributed by atoms with Crippen LogP contribution >= 0.6 is 35.6 Å². The normalized spacial score (nSPS) is 10.7. The lowest BCUT2D eigenvalue weighted by Crippen LogP contribution is -2.37. The van der Waals surface area contributed by atoms with Gasteiger partial charge in [-0.3, -0.25) is 9.79 Å². The SMILES string of the molecule is CCCC(=O)Nc1cccc(CNC(=NC)NCCc2ccc(OC)cc2Cl)c1.I. The van der Waals surface area contributed by atoms with Crippen LogP contribution in [0.5, 0.6) is 5.75 Å². The lowest BCUT2D eigenvalue weighted by atomic mass is 10.1. The van der Waals surface area contributed by atoms with Gasteiger partial charge in [0, 0.05) is 37.3 Å². The summed E-state index contributed by atoms with van der Waals surface area (Å²) in [5.74, 6) is 1.49. The van der Waals surface area contributed by atoms with Gasteiger partial charge in [-0.15, -0.1) is 24.0 Å². The predicted molar refractivity (Wildman–Crippen MR) is 135 cm³/mol. The van der Waals surface area contributed by atoms with Gasteiger partial charge >= 0.3 is 0 Å². The standard InChI is InChI=1S/C22H29ClN4O2.HI/c1-4-6-21(28)27-18-8-5-7-16(13-18)15-26-22(24-2)25-12-11-17-9-10-19(29-3)14-20(17)23;/h5,7-10,13-14H,4,6,11-12,15H2,1-3H3,(H,27,28)(H2,24,25,26);1H.